The lowest BCUT2D eigenvalue weighted by atomic mass is 9.95. The highest BCUT2D eigenvalue weighted by Crippen LogP contribution is 2.48. The van der Waals surface area contributed by atoms with Gasteiger partial charge in [-0.15, -0.1) is 11.8 Å². The van der Waals surface area contributed by atoms with Crippen LogP contribution in [0.15, 0.2) is 187 Å². The quantitative estimate of drug-likeness (QED) is 0.175. The molecular weight excluding hydrogens is 889 g/mol. The largest absolute Gasteiger partial charge is 0.354 e. The third-order valence-electron chi connectivity index (χ3n) is 11.8. The monoisotopic (exact) mass is 921 g/mol. The Balaban J connectivity index is 1.31. The third kappa shape index (κ3) is 7.76. The molecule has 0 saturated heterocycles. The van der Waals surface area contributed by atoms with E-state index < -0.39 is 0 Å². The lowest BCUT2D eigenvalue weighted by molar-refractivity contribution is 1.32. The fraction of sp³-hybridized carbons (Fsp3) is 0.0179. The molecule has 308 valence electrons. The van der Waals surface area contributed by atoms with Crippen LogP contribution < -0.4 is 0 Å². The Bertz CT molecular complexity index is 3210. The maximum Gasteiger partial charge on any atom is 0.0737 e. The van der Waals surface area contributed by atoms with Crippen LogP contribution in [0.3, 0.4) is 0 Å². The SMILES string of the molecule is Clc1ccc(-c2c3cc(c(-c4ccc(Cl)cc4)c4ccc([nH]4)c(-c4ccc(Cl)cc4)c4nc(c(-c5ccc(Cl)cc5)c5ccc2[nH]5)C=C4)C2=C3C=CC(Sc3ccccc3)C=C2)cc1. The zero-order valence-electron chi connectivity index (χ0n) is 33.9. The van der Waals surface area contributed by atoms with Gasteiger partial charge in [-0.25, -0.2) is 4.98 Å². The van der Waals surface area contributed by atoms with Gasteiger partial charge in [0.05, 0.1) is 11.4 Å². The van der Waals surface area contributed by atoms with E-state index in [4.69, 9.17) is 51.4 Å². The molecule has 0 saturated carbocycles. The van der Waals surface area contributed by atoms with Crippen molar-refractivity contribution < 1.29 is 0 Å². The van der Waals surface area contributed by atoms with Gasteiger partial charge in [0.2, 0.25) is 0 Å². The maximum atomic E-state index is 6.58. The molecular formula is C56H35Cl4N3S. The highest BCUT2D eigenvalue weighted by Gasteiger charge is 2.26. The van der Waals surface area contributed by atoms with Crippen LogP contribution in [-0.2, 0) is 0 Å². The summed E-state index contributed by atoms with van der Waals surface area (Å²) in [6.07, 6.45) is 13.4. The molecule has 64 heavy (non-hydrogen) atoms. The van der Waals surface area contributed by atoms with E-state index in [0.29, 0.717) is 20.1 Å². The molecule has 1 aliphatic heterocycles. The Labute approximate surface area is 395 Å². The van der Waals surface area contributed by atoms with Crippen molar-refractivity contribution in [2.75, 3.05) is 0 Å². The number of allylic oxidation sites excluding steroid dienone is 4. The molecule has 2 N–H and O–H groups in total. The number of thioether (sulfide) groups is 1. The van der Waals surface area contributed by atoms with E-state index in [1.807, 2.05) is 84.6 Å². The van der Waals surface area contributed by atoms with Crippen LogP contribution >= 0.6 is 58.2 Å². The summed E-state index contributed by atoms with van der Waals surface area (Å²) in [5.41, 5.74) is 17.7. The summed E-state index contributed by atoms with van der Waals surface area (Å²) >= 11 is 28.0. The summed E-state index contributed by atoms with van der Waals surface area (Å²) in [7, 11) is 0. The third-order valence-corrected chi connectivity index (χ3v) is 13.9. The smallest absolute Gasteiger partial charge is 0.0737 e. The predicted octanol–water partition coefficient (Wildman–Crippen LogP) is 17.6. The number of aromatic nitrogens is 3. The number of benzene rings is 5. The van der Waals surface area contributed by atoms with Crippen LogP contribution in [0.1, 0.15) is 22.5 Å². The molecule has 0 atom stereocenters. The van der Waals surface area contributed by atoms with Crippen LogP contribution in [0, 0.1) is 0 Å². The number of H-pyrrole nitrogens is 2. The van der Waals surface area contributed by atoms with E-state index in [1.54, 1.807) is 0 Å². The molecule has 8 bridgehead atoms. The van der Waals surface area contributed by atoms with E-state index in [2.05, 4.69) is 131 Å². The number of aromatic amines is 2. The predicted molar refractivity (Wildman–Crippen MR) is 275 cm³/mol. The minimum Gasteiger partial charge on any atom is -0.354 e. The number of hydrogen-bond acceptors (Lipinski definition) is 2. The first-order valence-electron chi connectivity index (χ1n) is 20.8. The first-order chi connectivity index (χ1) is 31.3. The number of nitrogens with one attached hydrogen (secondary N) is 2. The highest BCUT2D eigenvalue weighted by molar-refractivity contribution is 8.00. The molecule has 4 heterocycles. The molecule has 8 aromatic rings. The summed E-state index contributed by atoms with van der Waals surface area (Å²) in [6, 6.07) is 53.7. The van der Waals surface area contributed by atoms with Gasteiger partial charge in [-0.1, -0.05) is 137 Å². The fourth-order valence-corrected chi connectivity index (χ4v) is 10.3. The fourth-order valence-electron chi connectivity index (χ4n) is 8.82. The lowest BCUT2D eigenvalue weighted by Gasteiger charge is -2.10. The molecule has 3 aliphatic rings. The van der Waals surface area contributed by atoms with E-state index in [1.165, 1.54) is 4.90 Å². The second-order valence-electron chi connectivity index (χ2n) is 15.7. The Morgan fingerprint density at radius 1 is 0.391 bits per heavy atom. The van der Waals surface area contributed by atoms with Crippen molar-refractivity contribution >= 4 is 104 Å². The molecule has 3 aromatic heterocycles. The number of rotatable bonds is 6. The van der Waals surface area contributed by atoms with Crippen molar-refractivity contribution in [2.24, 2.45) is 0 Å². The Kier molecular flexibility index (Phi) is 10.8. The van der Waals surface area contributed by atoms with Crippen molar-refractivity contribution in [3.63, 3.8) is 0 Å². The number of nitrogens with zero attached hydrogens (tertiary/aromatic N) is 1. The second-order valence-corrected chi connectivity index (χ2v) is 18.7. The van der Waals surface area contributed by atoms with Crippen LogP contribution in [0.2, 0.25) is 20.1 Å². The molecule has 0 unspecified atom stereocenters. The van der Waals surface area contributed by atoms with Crippen molar-refractivity contribution in [3.8, 4) is 44.5 Å². The van der Waals surface area contributed by atoms with Crippen molar-refractivity contribution in [3.05, 3.63) is 225 Å². The number of hydrogen-bond donors (Lipinski definition) is 2. The van der Waals surface area contributed by atoms with Crippen LogP contribution in [0.4, 0.5) is 0 Å². The molecule has 3 nitrogen and oxygen atoms in total. The number of halogens is 4. The van der Waals surface area contributed by atoms with E-state index in [0.717, 1.165) is 100 Å². The summed E-state index contributed by atoms with van der Waals surface area (Å²) < 4.78 is 0. The topological polar surface area (TPSA) is 44.5 Å². The van der Waals surface area contributed by atoms with Crippen LogP contribution in [0.5, 0.6) is 0 Å². The zero-order chi connectivity index (χ0) is 43.3. The van der Waals surface area contributed by atoms with Gasteiger partial charge in [0.1, 0.15) is 0 Å². The van der Waals surface area contributed by atoms with Gasteiger partial charge >= 0.3 is 0 Å². The highest BCUT2D eigenvalue weighted by atomic mass is 35.5. The molecule has 2 aliphatic carbocycles. The Morgan fingerprint density at radius 3 is 1.14 bits per heavy atom. The van der Waals surface area contributed by atoms with Crippen molar-refractivity contribution in [2.45, 2.75) is 10.1 Å². The second kappa shape index (κ2) is 17.0. The van der Waals surface area contributed by atoms with E-state index in [-0.39, 0.29) is 5.25 Å². The Morgan fingerprint density at radius 2 is 0.750 bits per heavy atom. The molecule has 11 rings (SSSR count). The zero-order valence-corrected chi connectivity index (χ0v) is 37.8. The van der Waals surface area contributed by atoms with Gasteiger partial charge in [-0.3, -0.25) is 0 Å². The summed E-state index contributed by atoms with van der Waals surface area (Å²) in [5, 5.41) is 2.75. The Hall–Kier alpha value is -6.24. The maximum absolute atomic E-state index is 6.58. The minimum atomic E-state index is 0.0920. The molecule has 0 radical (unpaired) electrons. The van der Waals surface area contributed by atoms with Crippen LogP contribution in [0.25, 0.3) is 89.9 Å². The van der Waals surface area contributed by atoms with E-state index in [9.17, 15) is 0 Å². The van der Waals surface area contributed by atoms with Gasteiger partial charge < -0.3 is 9.97 Å². The van der Waals surface area contributed by atoms with Crippen molar-refractivity contribution in [1.29, 1.82) is 0 Å². The van der Waals surface area contributed by atoms with Gasteiger partial charge in [0.25, 0.3) is 0 Å². The van der Waals surface area contributed by atoms with Gasteiger partial charge in [-0.2, -0.15) is 0 Å². The molecule has 0 spiro atoms. The molecule has 5 aromatic carbocycles. The van der Waals surface area contributed by atoms with Gasteiger partial charge in [0, 0.05) is 74.6 Å². The van der Waals surface area contributed by atoms with Gasteiger partial charge in [-0.05, 0) is 148 Å². The van der Waals surface area contributed by atoms with Crippen LogP contribution in [-0.4, -0.2) is 20.2 Å². The molecule has 0 fully saturated rings. The molecule has 8 heteroatoms. The standard InChI is InChI=1S/C56H35Cl4N3S/c57-37-14-6-33(7-15-37)53-45-32-46(44-25-23-42(22-24-43(44)45)64-41-4-2-1-3-5-41)54(34-8-16-38(58)17-9-34)48-27-29-50(62-48)56(36-12-20-40(60)21-13-36)52-31-30-51(63-52)55(49-28-26-47(53)61-49)35-10-18-39(59)19-11-35/h1-32,42,61-62H. The minimum absolute atomic E-state index is 0.0920. The summed E-state index contributed by atoms with van der Waals surface area (Å²) in [6.45, 7) is 0. The normalized spacial score (nSPS) is 13.4. The first kappa shape index (κ1) is 40.5. The van der Waals surface area contributed by atoms with Gasteiger partial charge in [0.15, 0.2) is 0 Å². The average molecular weight is 924 g/mol. The van der Waals surface area contributed by atoms with Crippen molar-refractivity contribution in [1.82, 2.24) is 15.0 Å². The lowest BCUT2D eigenvalue weighted by Crippen LogP contribution is -1.92. The molecule has 0 amide bonds. The number of fused-ring (bicyclic) bond motifs is 10. The summed E-state index contributed by atoms with van der Waals surface area (Å²) in [5.74, 6) is 0. The summed E-state index contributed by atoms with van der Waals surface area (Å²) in [4.78, 5) is 14.4. The van der Waals surface area contributed by atoms with E-state index >= 15 is 0 Å². The average Bonchev–Trinajstić information content (AvgIpc) is 4.13. The first-order valence-corrected chi connectivity index (χ1v) is 23.2.